The lowest BCUT2D eigenvalue weighted by molar-refractivity contribution is 0.0850. The monoisotopic (exact) mass is 413 g/mol. The van der Waals surface area contributed by atoms with Crippen LogP contribution in [0.5, 0.6) is 5.75 Å². The van der Waals surface area contributed by atoms with Crippen molar-refractivity contribution in [2.75, 3.05) is 13.2 Å². The summed E-state index contributed by atoms with van der Waals surface area (Å²) in [6.07, 6.45) is 6.59. The summed E-state index contributed by atoms with van der Waals surface area (Å²) >= 11 is 3.40. The number of hydrogen-bond acceptors (Lipinski definition) is 3. The number of nitrogens with zero attached hydrogens (tertiary/aromatic N) is 1. The maximum atomic E-state index is 12.5. The average Bonchev–Trinajstić information content (AvgIpc) is 3.07. The van der Waals surface area contributed by atoms with Crippen LogP contribution in [0.15, 0.2) is 53.0 Å². The lowest BCUT2D eigenvalue weighted by Crippen LogP contribution is -2.45. The molecule has 0 bridgehead atoms. The fourth-order valence-electron chi connectivity index (χ4n) is 3.90. The number of likely N-dealkylation sites (tertiary alicyclic amines) is 1. The third-order valence-corrected chi connectivity index (χ3v) is 6.16. The minimum absolute atomic E-state index is 0.0380. The molecule has 1 aliphatic heterocycles. The highest BCUT2D eigenvalue weighted by atomic mass is 79.9. The first-order chi connectivity index (χ1) is 12.7. The van der Waals surface area contributed by atoms with Gasteiger partial charge < -0.3 is 4.74 Å². The highest BCUT2D eigenvalue weighted by Crippen LogP contribution is 2.31. The van der Waals surface area contributed by atoms with Gasteiger partial charge >= 0.3 is 0 Å². The highest BCUT2D eigenvalue weighted by molar-refractivity contribution is 9.10. The van der Waals surface area contributed by atoms with Gasteiger partial charge in [0.15, 0.2) is 5.78 Å². The van der Waals surface area contributed by atoms with Crippen molar-refractivity contribution in [3.63, 3.8) is 0 Å². The van der Waals surface area contributed by atoms with Crippen molar-refractivity contribution >= 4 is 21.7 Å². The molecule has 3 nitrogen and oxygen atoms in total. The molecule has 2 fully saturated rings. The molecule has 1 saturated heterocycles. The molecule has 1 heterocycles. The van der Waals surface area contributed by atoms with Crippen molar-refractivity contribution in [3.8, 4) is 5.75 Å². The molecule has 0 unspecified atom stereocenters. The third-order valence-electron chi connectivity index (χ3n) is 5.63. The van der Waals surface area contributed by atoms with E-state index in [0.717, 1.165) is 22.9 Å². The Kier molecular flexibility index (Phi) is 5.41. The second kappa shape index (κ2) is 7.93. The quantitative estimate of drug-likeness (QED) is 0.618. The smallest absolute Gasteiger partial charge is 0.193 e. The second-order valence-corrected chi connectivity index (χ2v) is 8.21. The summed E-state index contributed by atoms with van der Waals surface area (Å²) in [5.41, 5.74) is 1.39. The molecule has 0 aromatic heterocycles. The topological polar surface area (TPSA) is 29.5 Å². The van der Waals surface area contributed by atoms with E-state index in [9.17, 15) is 4.79 Å². The van der Waals surface area contributed by atoms with Crippen LogP contribution < -0.4 is 4.74 Å². The number of rotatable bonds is 6. The Morgan fingerprint density at radius 2 is 1.62 bits per heavy atom. The van der Waals surface area contributed by atoms with E-state index in [-0.39, 0.29) is 5.78 Å². The zero-order chi connectivity index (χ0) is 17.9. The van der Waals surface area contributed by atoms with Crippen LogP contribution in [0.4, 0.5) is 0 Å². The maximum Gasteiger partial charge on any atom is 0.193 e. The molecular formula is C22H24BrNO2. The predicted molar refractivity (Wildman–Crippen MR) is 107 cm³/mol. The number of halogens is 1. The second-order valence-electron chi connectivity index (χ2n) is 7.29. The first-order valence-electron chi connectivity index (χ1n) is 9.49. The van der Waals surface area contributed by atoms with Crippen molar-refractivity contribution in [2.45, 2.75) is 44.2 Å². The van der Waals surface area contributed by atoms with Crippen LogP contribution in [-0.4, -0.2) is 35.9 Å². The summed E-state index contributed by atoms with van der Waals surface area (Å²) in [5.74, 6) is 0.883. The summed E-state index contributed by atoms with van der Waals surface area (Å²) in [4.78, 5) is 15.2. The number of carbonyl (C=O) groups is 1. The number of ketones is 1. The number of benzene rings is 2. The van der Waals surface area contributed by atoms with Gasteiger partial charge in [-0.2, -0.15) is 0 Å². The van der Waals surface area contributed by atoms with E-state index in [1.807, 2.05) is 48.5 Å². The molecule has 2 aromatic rings. The van der Waals surface area contributed by atoms with Crippen LogP contribution in [0.1, 0.15) is 48.0 Å². The normalized spacial score (nSPS) is 20.7. The molecule has 0 N–H and O–H groups in total. The maximum absolute atomic E-state index is 12.5. The van der Waals surface area contributed by atoms with Gasteiger partial charge in [-0.05, 0) is 80.8 Å². The summed E-state index contributed by atoms with van der Waals surface area (Å²) < 4.78 is 7.01. The van der Waals surface area contributed by atoms with Gasteiger partial charge in [0.25, 0.3) is 0 Å². The van der Waals surface area contributed by atoms with Gasteiger partial charge in [0.2, 0.25) is 0 Å². The Morgan fingerprint density at radius 1 is 0.962 bits per heavy atom. The Morgan fingerprint density at radius 3 is 2.23 bits per heavy atom. The Labute approximate surface area is 163 Å². The van der Waals surface area contributed by atoms with Gasteiger partial charge in [-0.1, -0.05) is 22.4 Å². The molecule has 1 atom stereocenters. The number of carbonyl (C=O) groups excluding carboxylic acids is 1. The Hall–Kier alpha value is -1.65. The minimum Gasteiger partial charge on any atom is -0.492 e. The standard InChI is InChI=1S/C22H24BrNO2/c23-18-10-6-16(7-11-18)22(25)17-8-12-21(13-9-17)26-15-20-5-2-14-24(20)19-3-1-4-19/h6-13,19-20H,1-5,14-15H2/t20-/m1/s1. The lowest BCUT2D eigenvalue weighted by Gasteiger charge is -2.38. The van der Waals surface area contributed by atoms with E-state index < -0.39 is 0 Å². The molecule has 0 amide bonds. The summed E-state index contributed by atoms with van der Waals surface area (Å²) in [6.45, 7) is 1.97. The predicted octanol–water partition coefficient (Wildman–Crippen LogP) is 5.08. The first kappa shape index (κ1) is 17.7. The van der Waals surface area contributed by atoms with Gasteiger partial charge in [0.05, 0.1) is 0 Å². The van der Waals surface area contributed by atoms with Crippen LogP contribution in [0.2, 0.25) is 0 Å². The minimum atomic E-state index is 0.0380. The van der Waals surface area contributed by atoms with E-state index >= 15 is 0 Å². The van der Waals surface area contributed by atoms with Crippen LogP contribution in [0.3, 0.4) is 0 Å². The van der Waals surface area contributed by atoms with Gasteiger partial charge in [-0.15, -0.1) is 0 Å². The van der Waals surface area contributed by atoms with E-state index in [1.54, 1.807) is 0 Å². The summed E-state index contributed by atoms with van der Waals surface area (Å²) in [6, 6.07) is 16.3. The zero-order valence-corrected chi connectivity index (χ0v) is 16.5. The fraction of sp³-hybridized carbons (Fsp3) is 0.409. The summed E-state index contributed by atoms with van der Waals surface area (Å²) in [7, 11) is 0. The molecule has 1 aliphatic carbocycles. The van der Waals surface area contributed by atoms with Gasteiger partial charge in [0.1, 0.15) is 12.4 Å². The zero-order valence-electron chi connectivity index (χ0n) is 14.9. The van der Waals surface area contributed by atoms with Crippen molar-refractivity contribution in [2.24, 2.45) is 0 Å². The van der Waals surface area contributed by atoms with Crippen molar-refractivity contribution in [3.05, 3.63) is 64.1 Å². The Balaban J connectivity index is 1.35. The summed E-state index contributed by atoms with van der Waals surface area (Å²) in [5, 5.41) is 0. The van der Waals surface area contributed by atoms with Gasteiger partial charge in [0, 0.05) is 27.7 Å². The SMILES string of the molecule is O=C(c1ccc(Br)cc1)c1ccc(OC[C@H]2CCCN2C2CCC2)cc1. The van der Waals surface area contributed by atoms with Crippen LogP contribution in [0, 0.1) is 0 Å². The largest absolute Gasteiger partial charge is 0.492 e. The fourth-order valence-corrected chi connectivity index (χ4v) is 4.16. The van der Waals surface area contributed by atoms with Crippen LogP contribution in [0.25, 0.3) is 0 Å². The molecule has 136 valence electrons. The van der Waals surface area contributed by atoms with E-state index in [2.05, 4.69) is 20.8 Å². The Bertz CT molecular complexity index is 753. The average molecular weight is 414 g/mol. The molecule has 0 radical (unpaired) electrons. The van der Waals surface area contributed by atoms with Crippen molar-refractivity contribution < 1.29 is 9.53 Å². The molecule has 1 saturated carbocycles. The van der Waals surface area contributed by atoms with Gasteiger partial charge in [-0.3, -0.25) is 9.69 Å². The lowest BCUT2D eigenvalue weighted by atomic mass is 9.91. The number of hydrogen-bond donors (Lipinski definition) is 0. The molecular weight excluding hydrogens is 390 g/mol. The van der Waals surface area contributed by atoms with Crippen LogP contribution >= 0.6 is 15.9 Å². The van der Waals surface area contributed by atoms with Gasteiger partial charge in [-0.25, -0.2) is 0 Å². The number of ether oxygens (including phenoxy) is 1. The molecule has 2 aromatic carbocycles. The van der Waals surface area contributed by atoms with E-state index in [1.165, 1.54) is 38.6 Å². The molecule has 26 heavy (non-hydrogen) atoms. The first-order valence-corrected chi connectivity index (χ1v) is 10.3. The van der Waals surface area contributed by atoms with Crippen molar-refractivity contribution in [1.29, 1.82) is 0 Å². The van der Waals surface area contributed by atoms with Crippen molar-refractivity contribution in [1.82, 2.24) is 4.90 Å². The van der Waals surface area contributed by atoms with Crippen LogP contribution in [-0.2, 0) is 0 Å². The molecule has 0 spiro atoms. The highest BCUT2D eigenvalue weighted by Gasteiger charge is 2.33. The van der Waals surface area contributed by atoms with E-state index in [0.29, 0.717) is 17.2 Å². The molecule has 2 aliphatic rings. The molecule has 4 heteroatoms. The molecule has 4 rings (SSSR count). The van der Waals surface area contributed by atoms with E-state index in [4.69, 9.17) is 4.74 Å². The third kappa shape index (κ3) is 3.86.